The lowest BCUT2D eigenvalue weighted by Crippen LogP contribution is -2.50. The quantitative estimate of drug-likeness (QED) is 0.687. The fourth-order valence-electron chi connectivity index (χ4n) is 2.69. The zero-order valence-corrected chi connectivity index (χ0v) is 12.7. The van der Waals surface area contributed by atoms with E-state index in [1.54, 1.807) is 0 Å². The van der Waals surface area contributed by atoms with E-state index < -0.39 is 11.9 Å². The maximum atomic E-state index is 11.9. The van der Waals surface area contributed by atoms with E-state index in [2.05, 4.69) is 22.3 Å². The number of nitrogens with one attached hydrogen (secondary N) is 1. The summed E-state index contributed by atoms with van der Waals surface area (Å²) in [6.07, 6.45) is 1.67. The Morgan fingerprint density at radius 3 is 2.45 bits per heavy atom. The van der Waals surface area contributed by atoms with Gasteiger partial charge in [-0.15, -0.1) is 0 Å². The van der Waals surface area contributed by atoms with Gasteiger partial charge in [0.05, 0.1) is 12.5 Å². The third-order valence-electron chi connectivity index (χ3n) is 3.94. The van der Waals surface area contributed by atoms with Gasteiger partial charge in [-0.2, -0.15) is 0 Å². The van der Waals surface area contributed by atoms with Crippen LogP contribution in [0.2, 0.25) is 0 Å². The Hall–Kier alpha value is -1.92. The summed E-state index contributed by atoms with van der Waals surface area (Å²) in [7, 11) is 0. The number of primary amides is 1. The number of carbonyl (C=O) groups is 2. The Morgan fingerprint density at radius 2 is 1.86 bits per heavy atom. The highest BCUT2D eigenvalue weighted by Crippen LogP contribution is 2.14. The second kappa shape index (κ2) is 7.91. The predicted molar refractivity (Wildman–Crippen MR) is 84.7 cm³/mol. The molecule has 1 unspecified atom stereocenters. The van der Waals surface area contributed by atoms with Crippen molar-refractivity contribution in [1.82, 2.24) is 10.2 Å². The van der Waals surface area contributed by atoms with Crippen LogP contribution in [0, 0.1) is 0 Å². The Labute approximate surface area is 130 Å². The van der Waals surface area contributed by atoms with Gasteiger partial charge in [-0.3, -0.25) is 14.5 Å². The van der Waals surface area contributed by atoms with Gasteiger partial charge >= 0.3 is 0 Å². The first-order valence-corrected chi connectivity index (χ1v) is 7.65. The lowest BCUT2D eigenvalue weighted by atomic mass is 10.0. The number of carbonyl (C=O) groups excluding carboxylic acids is 2. The number of likely N-dealkylation sites (tertiary alicyclic amines) is 1. The molecular weight excluding hydrogens is 280 g/mol. The monoisotopic (exact) mass is 304 g/mol. The molecule has 1 aromatic rings. The summed E-state index contributed by atoms with van der Waals surface area (Å²) in [6, 6.07) is 9.62. The Bertz CT molecular complexity index is 498. The Balaban J connectivity index is 1.73. The summed E-state index contributed by atoms with van der Waals surface area (Å²) in [5.74, 6) is -0.847. The Morgan fingerprint density at radius 1 is 1.23 bits per heavy atom. The molecule has 22 heavy (non-hydrogen) atoms. The van der Waals surface area contributed by atoms with E-state index in [0.717, 1.165) is 32.5 Å². The normalized spacial score (nSPS) is 17.9. The van der Waals surface area contributed by atoms with Crippen LogP contribution in [0.15, 0.2) is 30.3 Å². The summed E-state index contributed by atoms with van der Waals surface area (Å²) in [5, 5.41) is 2.91. The van der Waals surface area contributed by atoms with E-state index in [1.807, 2.05) is 18.2 Å². The van der Waals surface area contributed by atoms with Crippen LogP contribution in [-0.2, 0) is 16.1 Å². The van der Waals surface area contributed by atoms with Crippen molar-refractivity contribution in [3.05, 3.63) is 35.9 Å². The van der Waals surface area contributed by atoms with E-state index in [0.29, 0.717) is 0 Å². The van der Waals surface area contributed by atoms with Crippen molar-refractivity contribution < 1.29 is 9.59 Å². The Kier molecular flexibility index (Phi) is 5.91. The molecule has 1 heterocycles. The zero-order valence-electron chi connectivity index (χ0n) is 12.7. The molecule has 0 saturated carbocycles. The van der Waals surface area contributed by atoms with Crippen molar-refractivity contribution in [1.29, 1.82) is 0 Å². The molecule has 0 aliphatic carbocycles. The minimum absolute atomic E-state index is 0.112. The van der Waals surface area contributed by atoms with Gasteiger partial charge in [0, 0.05) is 25.7 Å². The van der Waals surface area contributed by atoms with E-state index in [4.69, 9.17) is 11.5 Å². The molecule has 1 aliphatic rings. The number of hydrogen-bond donors (Lipinski definition) is 3. The first kappa shape index (κ1) is 16.5. The van der Waals surface area contributed by atoms with Crippen molar-refractivity contribution in [3.8, 4) is 0 Å². The van der Waals surface area contributed by atoms with Crippen molar-refractivity contribution in [3.63, 3.8) is 0 Å². The van der Waals surface area contributed by atoms with Crippen molar-refractivity contribution in [2.24, 2.45) is 11.5 Å². The molecular formula is C16H24N4O2. The van der Waals surface area contributed by atoms with Crippen molar-refractivity contribution >= 4 is 11.8 Å². The summed E-state index contributed by atoms with van der Waals surface area (Å²) >= 11 is 0. The maximum Gasteiger partial charge on any atom is 0.237 e. The van der Waals surface area contributed by atoms with Crippen LogP contribution in [0.5, 0.6) is 0 Å². The van der Waals surface area contributed by atoms with E-state index >= 15 is 0 Å². The van der Waals surface area contributed by atoms with E-state index in [-0.39, 0.29) is 18.4 Å². The molecule has 1 saturated heterocycles. The lowest BCUT2D eigenvalue weighted by Gasteiger charge is -2.32. The molecule has 0 aromatic heterocycles. The van der Waals surface area contributed by atoms with Gasteiger partial charge in [-0.25, -0.2) is 0 Å². The molecule has 6 heteroatoms. The maximum absolute atomic E-state index is 11.9. The van der Waals surface area contributed by atoms with Gasteiger partial charge in [-0.05, 0) is 18.4 Å². The first-order chi connectivity index (χ1) is 10.5. The molecule has 5 N–H and O–H groups in total. The highest BCUT2D eigenvalue weighted by atomic mass is 16.2. The molecule has 2 amide bonds. The number of rotatable bonds is 6. The largest absolute Gasteiger partial charge is 0.370 e. The summed E-state index contributed by atoms with van der Waals surface area (Å²) < 4.78 is 0. The summed E-state index contributed by atoms with van der Waals surface area (Å²) in [5.41, 5.74) is 12.0. The molecule has 0 radical (unpaired) electrons. The van der Waals surface area contributed by atoms with Crippen LogP contribution in [0.4, 0.5) is 0 Å². The molecule has 0 spiro atoms. The summed E-state index contributed by atoms with van der Waals surface area (Å²) in [6.45, 7) is 2.80. The number of nitrogens with zero attached hydrogens (tertiary/aromatic N) is 1. The van der Waals surface area contributed by atoms with Gasteiger partial charge in [-0.1, -0.05) is 30.3 Å². The standard InChI is InChI=1S/C16H24N4O2/c17-14(10-15(18)21)16(22)19-13-6-8-20(9-7-13)11-12-4-2-1-3-5-12/h1-5,13-14H,6-11,17H2,(H2,18,21)(H,19,22). The molecule has 1 atom stereocenters. The number of piperidine rings is 1. The third kappa shape index (κ3) is 5.13. The molecule has 1 fully saturated rings. The minimum Gasteiger partial charge on any atom is -0.370 e. The lowest BCUT2D eigenvalue weighted by molar-refractivity contribution is -0.127. The molecule has 2 rings (SSSR count). The van der Waals surface area contributed by atoms with Gasteiger partial charge < -0.3 is 16.8 Å². The first-order valence-electron chi connectivity index (χ1n) is 7.65. The fourth-order valence-corrected chi connectivity index (χ4v) is 2.69. The molecule has 120 valence electrons. The second-order valence-electron chi connectivity index (χ2n) is 5.82. The number of benzene rings is 1. The molecule has 0 bridgehead atoms. The van der Waals surface area contributed by atoms with Crippen LogP contribution >= 0.6 is 0 Å². The van der Waals surface area contributed by atoms with Crippen LogP contribution in [0.25, 0.3) is 0 Å². The van der Waals surface area contributed by atoms with Crippen LogP contribution < -0.4 is 16.8 Å². The molecule has 6 nitrogen and oxygen atoms in total. The predicted octanol–water partition coefficient (Wildman–Crippen LogP) is -0.0301. The smallest absolute Gasteiger partial charge is 0.237 e. The summed E-state index contributed by atoms with van der Waals surface area (Å²) in [4.78, 5) is 25.0. The zero-order chi connectivity index (χ0) is 15.9. The van der Waals surface area contributed by atoms with Crippen LogP contribution in [0.3, 0.4) is 0 Å². The highest BCUT2D eigenvalue weighted by Gasteiger charge is 2.23. The van der Waals surface area contributed by atoms with Crippen molar-refractivity contribution in [2.75, 3.05) is 13.1 Å². The molecule has 1 aromatic carbocycles. The van der Waals surface area contributed by atoms with Gasteiger partial charge in [0.25, 0.3) is 0 Å². The van der Waals surface area contributed by atoms with Crippen molar-refractivity contribution in [2.45, 2.75) is 37.9 Å². The highest BCUT2D eigenvalue weighted by molar-refractivity contribution is 5.87. The van der Waals surface area contributed by atoms with E-state index in [1.165, 1.54) is 5.56 Å². The topological polar surface area (TPSA) is 101 Å². The minimum atomic E-state index is -0.847. The molecule has 1 aliphatic heterocycles. The van der Waals surface area contributed by atoms with Gasteiger partial charge in [0.2, 0.25) is 11.8 Å². The average Bonchev–Trinajstić information content (AvgIpc) is 2.49. The van der Waals surface area contributed by atoms with Crippen LogP contribution in [0.1, 0.15) is 24.8 Å². The number of amides is 2. The fraction of sp³-hybridized carbons (Fsp3) is 0.500. The van der Waals surface area contributed by atoms with E-state index in [9.17, 15) is 9.59 Å². The third-order valence-corrected chi connectivity index (χ3v) is 3.94. The average molecular weight is 304 g/mol. The van der Waals surface area contributed by atoms with Crippen LogP contribution in [-0.4, -0.2) is 41.9 Å². The van der Waals surface area contributed by atoms with Gasteiger partial charge in [0.1, 0.15) is 0 Å². The second-order valence-corrected chi connectivity index (χ2v) is 5.82. The number of hydrogen-bond acceptors (Lipinski definition) is 4. The SMILES string of the molecule is NC(=O)CC(N)C(=O)NC1CCN(Cc2ccccc2)CC1. The number of nitrogens with two attached hydrogens (primary N) is 2. The van der Waals surface area contributed by atoms with Gasteiger partial charge in [0.15, 0.2) is 0 Å².